The first-order chi connectivity index (χ1) is 13.2. The number of carbonyl (C=O) groups is 1. The fraction of sp³-hybridized carbons (Fsp3) is 0.364. The molecular formula is C22H25N3O2. The van der Waals surface area contributed by atoms with Crippen LogP contribution in [0.3, 0.4) is 0 Å². The van der Waals surface area contributed by atoms with E-state index in [0.29, 0.717) is 19.5 Å². The fourth-order valence-electron chi connectivity index (χ4n) is 4.18. The Labute approximate surface area is 158 Å². The highest BCUT2D eigenvalue weighted by molar-refractivity contribution is 5.78. The monoisotopic (exact) mass is 363 g/mol. The Hall–Kier alpha value is -2.82. The number of amides is 1. The molecule has 0 radical (unpaired) electrons. The van der Waals surface area contributed by atoms with Crippen LogP contribution in [-0.4, -0.2) is 15.0 Å². The van der Waals surface area contributed by atoms with Crippen LogP contribution in [0.15, 0.2) is 53.3 Å². The summed E-state index contributed by atoms with van der Waals surface area (Å²) in [4.78, 5) is 25.3. The van der Waals surface area contributed by atoms with Crippen LogP contribution in [0.25, 0.3) is 11.0 Å². The highest BCUT2D eigenvalue weighted by Crippen LogP contribution is 2.29. The molecule has 3 aromatic rings. The van der Waals surface area contributed by atoms with Gasteiger partial charge in [0, 0.05) is 19.5 Å². The second kappa shape index (κ2) is 7.43. The maximum absolute atomic E-state index is 12.7. The van der Waals surface area contributed by atoms with Gasteiger partial charge in [-0.1, -0.05) is 36.4 Å². The highest BCUT2D eigenvalue weighted by Gasteiger charge is 2.21. The van der Waals surface area contributed by atoms with Gasteiger partial charge in [-0.05, 0) is 49.4 Å². The van der Waals surface area contributed by atoms with Crippen molar-refractivity contribution >= 4 is 16.9 Å². The molecule has 140 valence electrons. The van der Waals surface area contributed by atoms with E-state index < -0.39 is 0 Å². The van der Waals surface area contributed by atoms with E-state index in [9.17, 15) is 9.59 Å². The molecule has 4 rings (SSSR count). The van der Waals surface area contributed by atoms with Crippen molar-refractivity contribution in [2.45, 2.75) is 51.7 Å². The molecule has 1 atom stereocenters. The Bertz CT molecular complexity index is 1030. The van der Waals surface area contributed by atoms with Gasteiger partial charge in [-0.2, -0.15) is 0 Å². The molecule has 0 spiro atoms. The third-order valence-electron chi connectivity index (χ3n) is 5.51. The number of aromatic nitrogens is 2. The Morgan fingerprint density at radius 1 is 1.07 bits per heavy atom. The van der Waals surface area contributed by atoms with E-state index in [4.69, 9.17) is 0 Å². The molecule has 1 amide bonds. The molecule has 0 bridgehead atoms. The van der Waals surface area contributed by atoms with Crippen LogP contribution in [-0.2, 0) is 24.3 Å². The zero-order valence-corrected chi connectivity index (χ0v) is 15.6. The van der Waals surface area contributed by atoms with E-state index in [0.717, 1.165) is 30.3 Å². The van der Waals surface area contributed by atoms with Crippen LogP contribution in [0.1, 0.15) is 43.4 Å². The Morgan fingerprint density at radius 3 is 2.56 bits per heavy atom. The van der Waals surface area contributed by atoms with Gasteiger partial charge in [0.25, 0.3) is 0 Å². The zero-order valence-electron chi connectivity index (χ0n) is 15.6. The molecule has 1 N–H and O–H groups in total. The molecule has 0 aliphatic heterocycles. The molecule has 0 fully saturated rings. The molecule has 27 heavy (non-hydrogen) atoms. The van der Waals surface area contributed by atoms with E-state index >= 15 is 0 Å². The maximum atomic E-state index is 12.7. The molecule has 5 nitrogen and oxygen atoms in total. The van der Waals surface area contributed by atoms with E-state index in [1.54, 1.807) is 9.13 Å². The van der Waals surface area contributed by atoms with Gasteiger partial charge < -0.3 is 5.32 Å². The van der Waals surface area contributed by atoms with Crippen LogP contribution >= 0.6 is 0 Å². The molecule has 0 saturated carbocycles. The number of imidazole rings is 1. The predicted octanol–water partition coefficient (Wildman–Crippen LogP) is 3.41. The number of carbonyl (C=O) groups excluding carboxylic acids is 1. The van der Waals surface area contributed by atoms with E-state index in [2.05, 4.69) is 23.5 Å². The van der Waals surface area contributed by atoms with Gasteiger partial charge in [-0.25, -0.2) is 4.79 Å². The van der Waals surface area contributed by atoms with E-state index in [1.807, 2.05) is 37.3 Å². The number of nitrogens with one attached hydrogen (secondary N) is 1. The van der Waals surface area contributed by atoms with Crippen molar-refractivity contribution in [3.05, 3.63) is 70.1 Å². The lowest BCUT2D eigenvalue weighted by molar-refractivity contribution is -0.122. The number of hydrogen-bond acceptors (Lipinski definition) is 2. The standard InChI is InChI=1S/C22H25N3O2/c1-2-24-19-12-5-6-13-20(19)25(22(24)27)15-14-21(26)23-18-11-7-9-16-8-3-4-10-17(16)18/h3-6,8,10,12-13,18H,2,7,9,11,14-15H2,1H3,(H,23,26)/t18-/m1/s1. The molecule has 2 aromatic carbocycles. The number of hydrogen-bond donors (Lipinski definition) is 1. The first kappa shape index (κ1) is 17.6. The average molecular weight is 363 g/mol. The van der Waals surface area contributed by atoms with Crippen LogP contribution in [0.5, 0.6) is 0 Å². The summed E-state index contributed by atoms with van der Waals surface area (Å²) in [5.74, 6) is -0.00284. The average Bonchev–Trinajstić information content (AvgIpc) is 2.97. The Kier molecular flexibility index (Phi) is 4.84. The minimum absolute atomic E-state index is 0.00284. The van der Waals surface area contributed by atoms with Crippen molar-refractivity contribution in [3.63, 3.8) is 0 Å². The third kappa shape index (κ3) is 3.29. The zero-order chi connectivity index (χ0) is 18.8. The summed E-state index contributed by atoms with van der Waals surface area (Å²) in [5.41, 5.74) is 4.33. The second-order valence-corrected chi connectivity index (χ2v) is 7.13. The lowest BCUT2D eigenvalue weighted by Gasteiger charge is -2.26. The molecule has 1 aliphatic rings. The van der Waals surface area contributed by atoms with Gasteiger partial charge in [-0.15, -0.1) is 0 Å². The van der Waals surface area contributed by atoms with Crippen LogP contribution in [0.2, 0.25) is 0 Å². The maximum Gasteiger partial charge on any atom is 0.329 e. The lowest BCUT2D eigenvalue weighted by atomic mass is 9.88. The molecule has 0 saturated heterocycles. The van der Waals surface area contributed by atoms with Gasteiger partial charge in [0.05, 0.1) is 17.1 Å². The number of aryl methyl sites for hydroxylation is 3. The van der Waals surface area contributed by atoms with Crippen molar-refractivity contribution in [1.29, 1.82) is 0 Å². The normalized spacial score (nSPS) is 16.3. The van der Waals surface area contributed by atoms with Gasteiger partial charge in [0.2, 0.25) is 5.91 Å². The van der Waals surface area contributed by atoms with Gasteiger partial charge in [0.15, 0.2) is 0 Å². The molecule has 1 aliphatic carbocycles. The minimum atomic E-state index is -0.0467. The summed E-state index contributed by atoms with van der Waals surface area (Å²) in [7, 11) is 0. The Balaban J connectivity index is 1.49. The van der Waals surface area contributed by atoms with Crippen LogP contribution in [0.4, 0.5) is 0 Å². The third-order valence-corrected chi connectivity index (χ3v) is 5.51. The fourth-order valence-corrected chi connectivity index (χ4v) is 4.18. The number of fused-ring (bicyclic) bond motifs is 2. The topological polar surface area (TPSA) is 56.0 Å². The Morgan fingerprint density at radius 2 is 1.78 bits per heavy atom. The van der Waals surface area contributed by atoms with Crippen LogP contribution < -0.4 is 11.0 Å². The van der Waals surface area contributed by atoms with Gasteiger partial charge in [0.1, 0.15) is 0 Å². The highest BCUT2D eigenvalue weighted by atomic mass is 16.2. The summed E-state index contributed by atoms with van der Waals surface area (Å²) in [6.45, 7) is 2.98. The number of rotatable bonds is 5. The lowest BCUT2D eigenvalue weighted by Crippen LogP contribution is -2.32. The molecule has 1 aromatic heterocycles. The van der Waals surface area contributed by atoms with E-state index in [1.165, 1.54) is 11.1 Å². The summed E-state index contributed by atoms with van der Waals surface area (Å²) in [5, 5.41) is 3.17. The molecule has 5 heteroatoms. The van der Waals surface area contributed by atoms with Crippen molar-refractivity contribution < 1.29 is 4.79 Å². The summed E-state index contributed by atoms with van der Waals surface area (Å²) in [6, 6.07) is 16.2. The second-order valence-electron chi connectivity index (χ2n) is 7.13. The smallest absolute Gasteiger partial charge is 0.329 e. The number of benzene rings is 2. The van der Waals surface area contributed by atoms with Crippen molar-refractivity contribution in [2.75, 3.05) is 0 Å². The molecule has 0 unspecified atom stereocenters. The first-order valence-electron chi connectivity index (χ1n) is 9.74. The van der Waals surface area contributed by atoms with Gasteiger partial charge in [-0.3, -0.25) is 13.9 Å². The number of para-hydroxylation sites is 2. The quantitative estimate of drug-likeness (QED) is 0.755. The number of nitrogens with zero attached hydrogens (tertiary/aromatic N) is 2. The summed E-state index contributed by atoms with van der Waals surface area (Å²) >= 11 is 0. The molecule has 1 heterocycles. The summed E-state index contributed by atoms with van der Waals surface area (Å²) in [6.07, 6.45) is 3.44. The van der Waals surface area contributed by atoms with E-state index in [-0.39, 0.29) is 17.6 Å². The molecular weight excluding hydrogens is 338 g/mol. The first-order valence-corrected chi connectivity index (χ1v) is 9.74. The summed E-state index contributed by atoms with van der Waals surface area (Å²) < 4.78 is 3.47. The minimum Gasteiger partial charge on any atom is -0.349 e. The van der Waals surface area contributed by atoms with Crippen molar-refractivity contribution in [2.24, 2.45) is 0 Å². The van der Waals surface area contributed by atoms with Crippen molar-refractivity contribution in [3.8, 4) is 0 Å². The predicted molar refractivity (Wildman–Crippen MR) is 107 cm³/mol. The van der Waals surface area contributed by atoms with Gasteiger partial charge >= 0.3 is 5.69 Å². The van der Waals surface area contributed by atoms with Crippen molar-refractivity contribution in [1.82, 2.24) is 14.5 Å². The largest absolute Gasteiger partial charge is 0.349 e. The SMILES string of the molecule is CCn1c(=O)n(CCC(=O)N[C@@H]2CCCc3ccccc32)c2ccccc21. The van der Waals surface area contributed by atoms with Crippen LogP contribution in [0, 0.1) is 0 Å².